The number of aromatic nitrogens is 1. The van der Waals surface area contributed by atoms with Gasteiger partial charge in [0.1, 0.15) is 5.69 Å². The summed E-state index contributed by atoms with van der Waals surface area (Å²) in [6.07, 6.45) is -1.40. The molecule has 21 heavy (non-hydrogen) atoms. The molecule has 1 aliphatic heterocycles. The molecule has 116 valence electrons. The first-order chi connectivity index (χ1) is 9.59. The fraction of sp³-hybridized carbons (Fsp3) is 0.600. The fourth-order valence-electron chi connectivity index (χ4n) is 2.84. The second-order valence-electron chi connectivity index (χ2n) is 6.38. The van der Waals surface area contributed by atoms with Crippen LogP contribution in [0.25, 0.3) is 0 Å². The lowest BCUT2D eigenvalue weighted by atomic mass is 10.00. The molecule has 0 unspecified atom stereocenters. The predicted octanol–water partition coefficient (Wildman–Crippen LogP) is 3.43. The van der Waals surface area contributed by atoms with Gasteiger partial charge in [-0.15, -0.1) is 0 Å². The Bertz CT molecular complexity index is 517. The third-order valence-electron chi connectivity index (χ3n) is 3.63. The number of pyridine rings is 1. The molecule has 0 saturated carbocycles. The van der Waals surface area contributed by atoms with E-state index in [1.165, 1.54) is 12.3 Å². The zero-order chi connectivity index (χ0) is 15.8. The van der Waals surface area contributed by atoms with E-state index in [1.54, 1.807) is 0 Å². The van der Waals surface area contributed by atoms with E-state index >= 15 is 0 Å². The van der Waals surface area contributed by atoms with Crippen LogP contribution < -0.4 is 0 Å². The van der Waals surface area contributed by atoms with E-state index in [9.17, 15) is 18.0 Å². The fourth-order valence-corrected chi connectivity index (χ4v) is 2.84. The number of amides is 1. The van der Waals surface area contributed by atoms with Crippen molar-refractivity contribution in [2.45, 2.75) is 57.8 Å². The maximum absolute atomic E-state index is 12.5. The third-order valence-corrected chi connectivity index (χ3v) is 3.63. The Balaban J connectivity index is 2.13. The summed E-state index contributed by atoms with van der Waals surface area (Å²) in [5, 5.41) is 0. The minimum Gasteiger partial charge on any atom is -0.335 e. The zero-order valence-electron chi connectivity index (χ0n) is 12.4. The van der Waals surface area contributed by atoms with Gasteiger partial charge in [0.2, 0.25) is 5.91 Å². The molecule has 1 atom stereocenters. The van der Waals surface area contributed by atoms with Gasteiger partial charge in [0.15, 0.2) is 0 Å². The molecule has 1 amide bonds. The maximum atomic E-state index is 12.5. The van der Waals surface area contributed by atoms with Crippen LogP contribution in [0.1, 0.15) is 44.9 Å². The Hall–Kier alpha value is -1.59. The van der Waals surface area contributed by atoms with Crippen molar-refractivity contribution < 1.29 is 18.0 Å². The molecule has 1 aromatic rings. The molecular formula is C15H19F3N2O. The number of carbonyl (C=O) groups excluding carboxylic acids is 1. The summed E-state index contributed by atoms with van der Waals surface area (Å²) < 4.78 is 37.4. The molecule has 1 saturated heterocycles. The number of hydrogen-bond donors (Lipinski definition) is 0. The first kappa shape index (κ1) is 15.8. The summed E-state index contributed by atoms with van der Waals surface area (Å²) in [4.78, 5) is 17.3. The van der Waals surface area contributed by atoms with Gasteiger partial charge in [-0.25, -0.2) is 0 Å². The lowest BCUT2D eigenvalue weighted by Crippen LogP contribution is -2.47. The molecular weight excluding hydrogens is 281 g/mol. The van der Waals surface area contributed by atoms with Gasteiger partial charge < -0.3 is 4.90 Å². The first-order valence-electron chi connectivity index (χ1n) is 6.93. The number of nitrogens with zero attached hydrogens (tertiary/aromatic N) is 2. The number of halogens is 3. The monoisotopic (exact) mass is 300 g/mol. The van der Waals surface area contributed by atoms with Crippen molar-refractivity contribution in [2.24, 2.45) is 0 Å². The number of hydrogen-bond acceptors (Lipinski definition) is 2. The van der Waals surface area contributed by atoms with E-state index < -0.39 is 11.9 Å². The number of likely N-dealkylation sites (tertiary alicyclic amines) is 1. The van der Waals surface area contributed by atoms with Crippen LogP contribution in [0.2, 0.25) is 0 Å². The van der Waals surface area contributed by atoms with Crippen molar-refractivity contribution >= 4 is 5.91 Å². The average Bonchev–Trinajstić information content (AvgIpc) is 2.69. The lowest BCUT2D eigenvalue weighted by Gasteiger charge is -2.37. The van der Waals surface area contributed by atoms with Gasteiger partial charge in [-0.1, -0.05) is 6.07 Å². The number of alkyl halides is 3. The molecule has 2 rings (SSSR count). The van der Waals surface area contributed by atoms with Gasteiger partial charge in [0.25, 0.3) is 0 Å². The van der Waals surface area contributed by atoms with Crippen LogP contribution in [0.5, 0.6) is 0 Å². The molecule has 0 radical (unpaired) electrons. The van der Waals surface area contributed by atoms with Crippen molar-refractivity contribution in [2.75, 3.05) is 0 Å². The van der Waals surface area contributed by atoms with Gasteiger partial charge >= 0.3 is 6.18 Å². The summed E-state index contributed by atoms with van der Waals surface area (Å²) in [5.74, 6) is 0.104. The average molecular weight is 300 g/mol. The van der Waals surface area contributed by atoms with Crippen molar-refractivity contribution in [1.29, 1.82) is 0 Å². The van der Waals surface area contributed by atoms with Crippen molar-refractivity contribution in [3.05, 3.63) is 29.6 Å². The van der Waals surface area contributed by atoms with Crippen molar-refractivity contribution in [1.82, 2.24) is 9.88 Å². The van der Waals surface area contributed by atoms with Gasteiger partial charge in [0.05, 0.1) is 0 Å². The molecule has 2 heterocycles. The van der Waals surface area contributed by atoms with Gasteiger partial charge in [-0.05, 0) is 45.2 Å². The Morgan fingerprint density at radius 1 is 1.29 bits per heavy atom. The number of rotatable bonds is 2. The highest BCUT2D eigenvalue weighted by molar-refractivity contribution is 5.79. The molecule has 0 aromatic carbocycles. The summed E-state index contributed by atoms with van der Waals surface area (Å²) in [5.41, 5.74) is -0.448. The highest BCUT2D eigenvalue weighted by atomic mass is 19.4. The second kappa shape index (κ2) is 5.31. The molecule has 0 bridgehead atoms. The van der Waals surface area contributed by atoms with Crippen LogP contribution in [0, 0.1) is 0 Å². The molecule has 3 nitrogen and oxygen atoms in total. The summed E-state index contributed by atoms with van der Waals surface area (Å²) in [6, 6.07) is 2.46. The lowest BCUT2D eigenvalue weighted by molar-refractivity contribution is -0.141. The van der Waals surface area contributed by atoms with E-state index in [2.05, 4.69) is 4.98 Å². The van der Waals surface area contributed by atoms with Gasteiger partial charge in [-0.3, -0.25) is 9.78 Å². The molecule has 1 aromatic heterocycles. The zero-order valence-corrected chi connectivity index (χ0v) is 12.4. The Morgan fingerprint density at radius 3 is 2.43 bits per heavy atom. The van der Waals surface area contributed by atoms with Crippen LogP contribution in [0.15, 0.2) is 18.3 Å². The van der Waals surface area contributed by atoms with Gasteiger partial charge in [-0.2, -0.15) is 13.2 Å². The second-order valence-corrected chi connectivity index (χ2v) is 6.38. The quantitative estimate of drug-likeness (QED) is 0.838. The van der Waals surface area contributed by atoms with E-state index in [-0.39, 0.29) is 17.5 Å². The Kier molecular flexibility index (Phi) is 4.00. The summed E-state index contributed by atoms with van der Waals surface area (Å²) >= 11 is 0. The van der Waals surface area contributed by atoms with Crippen LogP contribution in [-0.4, -0.2) is 27.4 Å². The van der Waals surface area contributed by atoms with E-state index in [0.29, 0.717) is 12.8 Å². The minimum absolute atomic E-state index is 0.0241. The van der Waals surface area contributed by atoms with Gasteiger partial charge in [0, 0.05) is 24.2 Å². The normalized spacial score (nSPS) is 20.2. The molecule has 1 fully saturated rings. The third kappa shape index (κ3) is 3.54. The highest BCUT2D eigenvalue weighted by Gasteiger charge is 2.38. The maximum Gasteiger partial charge on any atom is 0.433 e. The molecule has 0 aliphatic carbocycles. The molecule has 0 spiro atoms. The standard InChI is InChI=1S/C15H19F3N2O/c1-14(2,3)20-11(5-7-13(20)21)8-10-4-6-12(19-9-10)15(16,17)18/h4,6,9,11H,5,7-8H2,1-3H3/t11-/m1/s1. The summed E-state index contributed by atoms with van der Waals surface area (Å²) in [6.45, 7) is 5.90. The molecule has 0 N–H and O–H groups in total. The largest absolute Gasteiger partial charge is 0.433 e. The predicted molar refractivity (Wildman–Crippen MR) is 72.6 cm³/mol. The topological polar surface area (TPSA) is 33.2 Å². The summed E-state index contributed by atoms with van der Waals surface area (Å²) in [7, 11) is 0. The molecule has 6 heteroatoms. The van der Waals surface area contributed by atoms with E-state index in [4.69, 9.17) is 0 Å². The van der Waals surface area contributed by atoms with Crippen molar-refractivity contribution in [3.63, 3.8) is 0 Å². The SMILES string of the molecule is CC(C)(C)N1C(=O)CC[C@@H]1Cc1ccc(C(F)(F)F)nc1. The van der Waals surface area contributed by atoms with Crippen LogP contribution in [-0.2, 0) is 17.4 Å². The van der Waals surface area contributed by atoms with Crippen molar-refractivity contribution in [3.8, 4) is 0 Å². The highest BCUT2D eigenvalue weighted by Crippen LogP contribution is 2.31. The van der Waals surface area contributed by atoms with Crippen LogP contribution in [0.3, 0.4) is 0 Å². The van der Waals surface area contributed by atoms with Crippen LogP contribution >= 0.6 is 0 Å². The Labute approximate surface area is 122 Å². The number of carbonyl (C=O) groups is 1. The first-order valence-corrected chi connectivity index (χ1v) is 6.93. The smallest absolute Gasteiger partial charge is 0.335 e. The van der Waals surface area contributed by atoms with E-state index in [0.717, 1.165) is 18.1 Å². The van der Waals surface area contributed by atoms with E-state index in [1.807, 2.05) is 25.7 Å². The van der Waals surface area contributed by atoms with Crippen LogP contribution in [0.4, 0.5) is 13.2 Å². The molecule has 1 aliphatic rings. The minimum atomic E-state index is -4.42. The Morgan fingerprint density at radius 2 is 1.95 bits per heavy atom.